The van der Waals surface area contributed by atoms with Crippen molar-refractivity contribution in [1.29, 1.82) is 0 Å². The van der Waals surface area contributed by atoms with E-state index in [1.807, 2.05) is 0 Å². The van der Waals surface area contributed by atoms with Gasteiger partial charge in [0.25, 0.3) is 0 Å². The van der Waals surface area contributed by atoms with Crippen molar-refractivity contribution in [1.82, 2.24) is 9.97 Å². The second-order valence-corrected chi connectivity index (χ2v) is 3.74. The van der Waals surface area contributed by atoms with Crippen LogP contribution in [0.1, 0.15) is 16.8 Å². The molecule has 6 nitrogen and oxygen atoms in total. The van der Waals surface area contributed by atoms with Crippen molar-refractivity contribution in [3.8, 4) is 0 Å². The fourth-order valence-corrected chi connectivity index (χ4v) is 1.66. The highest BCUT2D eigenvalue weighted by atomic mass is 16.2. The normalized spacial score (nSPS) is 20.2. The van der Waals surface area contributed by atoms with Crippen LogP contribution in [0.4, 0.5) is 5.95 Å². The van der Waals surface area contributed by atoms with Gasteiger partial charge < -0.3 is 5.73 Å². The molecule has 1 unspecified atom stereocenters. The zero-order chi connectivity index (χ0) is 11.5. The SMILES string of the molecule is NCC1CC(=O)N(c2ncc(C=O)cn2)C1. The molecule has 0 aromatic carbocycles. The lowest BCUT2D eigenvalue weighted by Gasteiger charge is -2.13. The van der Waals surface area contributed by atoms with E-state index in [0.29, 0.717) is 37.3 Å². The van der Waals surface area contributed by atoms with Crippen LogP contribution in [0, 0.1) is 5.92 Å². The molecule has 0 radical (unpaired) electrons. The molecule has 1 fully saturated rings. The van der Waals surface area contributed by atoms with Gasteiger partial charge in [0.15, 0.2) is 6.29 Å². The van der Waals surface area contributed by atoms with Crippen molar-refractivity contribution in [2.24, 2.45) is 11.7 Å². The molecule has 0 aliphatic carbocycles. The third-order valence-electron chi connectivity index (χ3n) is 2.57. The van der Waals surface area contributed by atoms with Crippen LogP contribution in [0.25, 0.3) is 0 Å². The van der Waals surface area contributed by atoms with Crippen molar-refractivity contribution in [3.05, 3.63) is 18.0 Å². The Kier molecular flexibility index (Phi) is 2.91. The first-order valence-electron chi connectivity index (χ1n) is 5.02. The minimum Gasteiger partial charge on any atom is -0.330 e. The molecule has 2 rings (SSSR count). The predicted octanol–water partition coefficient (Wildman–Crippen LogP) is -0.399. The number of nitrogens with two attached hydrogens (primary N) is 1. The number of amides is 1. The highest BCUT2D eigenvalue weighted by Crippen LogP contribution is 2.20. The Hall–Kier alpha value is -1.82. The first-order chi connectivity index (χ1) is 7.74. The van der Waals surface area contributed by atoms with Gasteiger partial charge in [-0.1, -0.05) is 0 Å². The van der Waals surface area contributed by atoms with Crippen molar-refractivity contribution >= 4 is 18.1 Å². The number of hydrogen-bond donors (Lipinski definition) is 1. The summed E-state index contributed by atoms with van der Waals surface area (Å²) in [6.07, 6.45) is 3.91. The van der Waals surface area contributed by atoms with Gasteiger partial charge in [0.05, 0.1) is 5.56 Å². The lowest BCUT2D eigenvalue weighted by molar-refractivity contribution is -0.117. The summed E-state index contributed by atoms with van der Waals surface area (Å²) in [5.74, 6) is 0.489. The molecule has 16 heavy (non-hydrogen) atoms. The van der Waals surface area contributed by atoms with Gasteiger partial charge in [-0.3, -0.25) is 14.5 Å². The molecule has 1 aromatic heterocycles. The number of hydrogen-bond acceptors (Lipinski definition) is 5. The maximum absolute atomic E-state index is 11.6. The monoisotopic (exact) mass is 220 g/mol. The highest BCUT2D eigenvalue weighted by Gasteiger charge is 2.31. The van der Waals surface area contributed by atoms with E-state index in [1.165, 1.54) is 17.3 Å². The summed E-state index contributed by atoms with van der Waals surface area (Å²) < 4.78 is 0. The maximum atomic E-state index is 11.6. The number of carbonyl (C=O) groups is 2. The lowest BCUT2D eigenvalue weighted by atomic mass is 10.1. The van der Waals surface area contributed by atoms with Crippen LogP contribution in [-0.2, 0) is 4.79 Å². The van der Waals surface area contributed by atoms with E-state index < -0.39 is 0 Å². The Morgan fingerprint density at radius 2 is 2.19 bits per heavy atom. The van der Waals surface area contributed by atoms with Crippen molar-refractivity contribution in [2.45, 2.75) is 6.42 Å². The van der Waals surface area contributed by atoms with E-state index in [2.05, 4.69) is 9.97 Å². The Morgan fingerprint density at radius 3 is 2.69 bits per heavy atom. The molecule has 1 amide bonds. The Balaban J connectivity index is 2.18. The summed E-state index contributed by atoms with van der Waals surface area (Å²) in [4.78, 5) is 31.5. The van der Waals surface area contributed by atoms with Crippen LogP contribution >= 0.6 is 0 Å². The molecule has 1 aromatic rings. The molecule has 0 saturated carbocycles. The number of anilines is 1. The number of rotatable bonds is 3. The summed E-state index contributed by atoms with van der Waals surface area (Å²) in [6.45, 7) is 1.03. The van der Waals surface area contributed by atoms with Crippen molar-refractivity contribution in [2.75, 3.05) is 18.0 Å². The quantitative estimate of drug-likeness (QED) is 0.700. The third kappa shape index (κ3) is 1.92. The largest absolute Gasteiger partial charge is 0.330 e. The molecule has 2 heterocycles. The molecule has 84 valence electrons. The molecular weight excluding hydrogens is 208 g/mol. The summed E-state index contributed by atoms with van der Waals surface area (Å²) in [5.41, 5.74) is 5.91. The van der Waals surface area contributed by atoms with E-state index in [9.17, 15) is 9.59 Å². The molecule has 1 atom stereocenters. The predicted molar refractivity (Wildman–Crippen MR) is 56.9 cm³/mol. The van der Waals surface area contributed by atoms with E-state index in [4.69, 9.17) is 5.73 Å². The standard InChI is InChI=1S/C10H12N4O2/c11-2-7-1-9(16)14(5-7)10-12-3-8(6-15)4-13-10/h3-4,6-7H,1-2,5,11H2. The Bertz CT molecular complexity index is 404. The van der Waals surface area contributed by atoms with Gasteiger partial charge in [0.1, 0.15) is 0 Å². The average Bonchev–Trinajstić information content (AvgIpc) is 2.71. The molecule has 0 spiro atoms. The summed E-state index contributed by atoms with van der Waals surface area (Å²) in [5, 5.41) is 0. The molecule has 1 saturated heterocycles. The fourth-order valence-electron chi connectivity index (χ4n) is 1.66. The molecule has 2 N–H and O–H groups in total. The highest BCUT2D eigenvalue weighted by molar-refractivity contribution is 5.94. The van der Waals surface area contributed by atoms with Gasteiger partial charge in [-0.2, -0.15) is 0 Å². The van der Waals surface area contributed by atoms with Gasteiger partial charge in [-0.25, -0.2) is 9.97 Å². The van der Waals surface area contributed by atoms with E-state index >= 15 is 0 Å². The second kappa shape index (κ2) is 4.36. The maximum Gasteiger partial charge on any atom is 0.232 e. The first kappa shape index (κ1) is 10.7. The molecule has 1 aliphatic heterocycles. The molecular formula is C10H12N4O2. The minimum absolute atomic E-state index is 0.0192. The van der Waals surface area contributed by atoms with E-state index in [1.54, 1.807) is 0 Å². The van der Waals surface area contributed by atoms with E-state index in [0.717, 1.165) is 0 Å². The Morgan fingerprint density at radius 1 is 1.50 bits per heavy atom. The van der Waals surface area contributed by atoms with E-state index in [-0.39, 0.29) is 11.8 Å². The van der Waals surface area contributed by atoms with Crippen LogP contribution in [0.3, 0.4) is 0 Å². The van der Waals surface area contributed by atoms with Gasteiger partial charge in [0, 0.05) is 25.4 Å². The third-order valence-corrected chi connectivity index (χ3v) is 2.57. The van der Waals surface area contributed by atoms with Crippen LogP contribution < -0.4 is 10.6 Å². The van der Waals surface area contributed by atoms with Gasteiger partial charge in [-0.05, 0) is 12.5 Å². The fraction of sp³-hybridized carbons (Fsp3) is 0.400. The zero-order valence-electron chi connectivity index (χ0n) is 8.67. The van der Waals surface area contributed by atoms with Crippen LogP contribution in [0.15, 0.2) is 12.4 Å². The topological polar surface area (TPSA) is 89.2 Å². The summed E-state index contributed by atoms with van der Waals surface area (Å²) in [7, 11) is 0. The minimum atomic E-state index is -0.0192. The molecule has 1 aliphatic rings. The molecule has 0 bridgehead atoms. The van der Waals surface area contributed by atoms with Gasteiger partial charge in [-0.15, -0.1) is 0 Å². The number of aldehydes is 1. The van der Waals surface area contributed by atoms with Crippen LogP contribution in [0.2, 0.25) is 0 Å². The summed E-state index contributed by atoms with van der Waals surface area (Å²) in [6, 6.07) is 0. The number of nitrogens with zero attached hydrogens (tertiary/aromatic N) is 3. The van der Waals surface area contributed by atoms with Crippen LogP contribution in [0.5, 0.6) is 0 Å². The van der Waals surface area contributed by atoms with Gasteiger partial charge in [0.2, 0.25) is 11.9 Å². The van der Waals surface area contributed by atoms with Crippen molar-refractivity contribution in [3.63, 3.8) is 0 Å². The summed E-state index contributed by atoms with van der Waals surface area (Å²) >= 11 is 0. The smallest absolute Gasteiger partial charge is 0.232 e. The lowest BCUT2D eigenvalue weighted by Crippen LogP contribution is -2.27. The number of carbonyl (C=O) groups excluding carboxylic acids is 2. The number of aromatic nitrogens is 2. The first-order valence-corrected chi connectivity index (χ1v) is 5.02. The molecule has 6 heteroatoms. The van der Waals surface area contributed by atoms with Gasteiger partial charge >= 0.3 is 0 Å². The van der Waals surface area contributed by atoms with Crippen molar-refractivity contribution < 1.29 is 9.59 Å². The second-order valence-electron chi connectivity index (χ2n) is 3.74. The Labute approximate surface area is 92.5 Å². The zero-order valence-corrected chi connectivity index (χ0v) is 8.67. The average molecular weight is 220 g/mol. The van der Waals surface area contributed by atoms with Crippen LogP contribution in [-0.4, -0.2) is 35.3 Å².